The lowest BCUT2D eigenvalue weighted by molar-refractivity contribution is 1.16. The molecule has 4 heteroatoms. The van der Waals surface area contributed by atoms with E-state index in [0.29, 0.717) is 5.82 Å². The largest absolute Gasteiger partial charge is 0.309 e. The average molecular weight is 663 g/mol. The first-order valence-corrected chi connectivity index (χ1v) is 17.7. The van der Waals surface area contributed by atoms with Crippen molar-refractivity contribution in [2.45, 2.75) is 0 Å². The van der Waals surface area contributed by atoms with Gasteiger partial charge in [0.25, 0.3) is 0 Å². The van der Waals surface area contributed by atoms with Gasteiger partial charge in [0.15, 0.2) is 5.82 Å². The minimum absolute atomic E-state index is 0.716. The lowest BCUT2D eigenvalue weighted by Gasteiger charge is -2.12. The van der Waals surface area contributed by atoms with Crippen LogP contribution < -0.4 is 0 Å². The van der Waals surface area contributed by atoms with Crippen molar-refractivity contribution in [3.63, 3.8) is 0 Å². The first-order valence-electron chi connectivity index (χ1n) is 17.7. The van der Waals surface area contributed by atoms with E-state index >= 15 is 0 Å². The number of hydrogen-bond donors (Lipinski definition) is 0. The third-order valence-corrected chi connectivity index (χ3v) is 10.5. The summed E-state index contributed by atoms with van der Waals surface area (Å²) < 4.78 is 4.82. The highest BCUT2D eigenvalue weighted by molar-refractivity contribution is 6.20. The van der Waals surface area contributed by atoms with E-state index in [9.17, 15) is 0 Å². The summed E-state index contributed by atoms with van der Waals surface area (Å²) in [4.78, 5) is 10.1. The summed E-state index contributed by atoms with van der Waals surface area (Å²) in [6, 6.07) is 64.9. The topological polar surface area (TPSA) is 35.6 Å². The zero-order valence-corrected chi connectivity index (χ0v) is 28.1. The molecule has 0 spiro atoms. The Labute approximate surface area is 299 Å². The first-order chi connectivity index (χ1) is 25.8. The van der Waals surface area contributed by atoms with Crippen LogP contribution in [-0.4, -0.2) is 19.1 Å². The van der Waals surface area contributed by atoms with E-state index in [2.05, 4.69) is 173 Å². The van der Waals surface area contributed by atoms with Crippen LogP contribution in [0.1, 0.15) is 0 Å². The Bertz CT molecular complexity index is 3160. The van der Waals surface area contributed by atoms with Crippen molar-refractivity contribution >= 4 is 65.3 Å². The van der Waals surface area contributed by atoms with Gasteiger partial charge in [-0.05, 0) is 83.6 Å². The van der Waals surface area contributed by atoms with Gasteiger partial charge in [0.2, 0.25) is 0 Å². The average Bonchev–Trinajstić information content (AvgIpc) is 3.70. The second-order valence-corrected chi connectivity index (χ2v) is 13.5. The lowest BCUT2D eigenvalue weighted by atomic mass is 10.0. The number of nitrogens with zero attached hydrogens (tertiary/aromatic N) is 4. The summed E-state index contributed by atoms with van der Waals surface area (Å²) in [5.74, 6) is 0.716. The summed E-state index contributed by atoms with van der Waals surface area (Å²) >= 11 is 0. The number of fused-ring (bicyclic) bond motifs is 8. The molecule has 0 bridgehead atoms. The molecule has 242 valence electrons. The zero-order chi connectivity index (χ0) is 34.2. The molecule has 11 rings (SSSR count). The van der Waals surface area contributed by atoms with Crippen LogP contribution in [0.3, 0.4) is 0 Å². The predicted molar refractivity (Wildman–Crippen MR) is 217 cm³/mol. The fourth-order valence-electron chi connectivity index (χ4n) is 8.08. The predicted octanol–water partition coefficient (Wildman–Crippen LogP) is 12.3. The summed E-state index contributed by atoms with van der Waals surface area (Å²) in [7, 11) is 0. The van der Waals surface area contributed by atoms with Gasteiger partial charge in [0, 0.05) is 49.4 Å². The van der Waals surface area contributed by atoms with Crippen LogP contribution in [0.15, 0.2) is 182 Å². The molecule has 0 radical (unpaired) electrons. The van der Waals surface area contributed by atoms with Gasteiger partial charge in [0.1, 0.15) is 0 Å². The van der Waals surface area contributed by atoms with Gasteiger partial charge in [-0.25, -0.2) is 9.97 Å². The maximum atomic E-state index is 5.13. The molecule has 0 amide bonds. The number of hydrogen-bond acceptors (Lipinski definition) is 2. The fourth-order valence-corrected chi connectivity index (χ4v) is 8.08. The third-order valence-electron chi connectivity index (χ3n) is 10.5. The van der Waals surface area contributed by atoms with Crippen molar-refractivity contribution in [1.29, 1.82) is 0 Å². The second kappa shape index (κ2) is 11.2. The van der Waals surface area contributed by atoms with Gasteiger partial charge in [-0.2, -0.15) is 0 Å². The molecule has 0 aliphatic rings. The Morgan fingerprint density at radius 2 is 0.885 bits per heavy atom. The monoisotopic (exact) mass is 662 g/mol. The molecule has 52 heavy (non-hydrogen) atoms. The molecule has 11 aromatic rings. The van der Waals surface area contributed by atoms with Crippen LogP contribution in [0.4, 0.5) is 0 Å². The number of aromatic nitrogens is 4. The van der Waals surface area contributed by atoms with Crippen LogP contribution in [0.2, 0.25) is 0 Å². The van der Waals surface area contributed by atoms with Gasteiger partial charge in [-0.1, -0.05) is 109 Å². The van der Waals surface area contributed by atoms with Crippen molar-refractivity contribution in [1.82, 2.24) is 19.1 Å². The Morgan fingerprint density at radius 1 is 0.327 bits per heavy atom. The minimum atomic E-state index is 0.716. The van der Waals surface area contributed by atoms with Gasteiger partial charge in [-0.3, -0.25) is 0 Å². The van der Waals surface area contributed by atoms with E-state index in [-0.39, 0.29) is 0 Å². The molecule has 0 saturated carbocycles. The van der Waals surface area contributed by atoms with Crippen molar-refractivity contribution < 1.29 is 0 Å². The van der Waals surface area contributed by atoms with Crippen molar-refractivity contribution in [3.05, 3.63) is 182 Å². The van der Waals surface area contributed by atoms with Gasteiger partial charge in [-0.15, -0.1) is 0 Å². The molecule has 0 aliphatic carbocycles. The number of para-hydroxylation sites is 3. The molecule has 0 saturated heterocycles. The minimum Gasteiger partial charge on any atom is -0.309 e. The molecule has 0 N–H and O–H groups in total. The first kappa shape index (κ1) is 28.8. The number of benzene rings is 8. The van der Waals surface area contributed by atoms with E-state index in [1.807, 2.05) is 18.2 Å². The van der Waals surface area contributed by atoms with Gasteiger partial charge < -0.3 is 9.13 Å². The Hall–Kier alpha value is -7.04. The molecule has 0 unspecified atom stereocenters. The normalized spacial score (nSPS) is 11.8. The summed E-state index contributed by atoms with van der Waals surface area (Å²) in [6.45, 7) is 0. The van der Waals surface area contributed by atoms with Crippen LogP contribution >= 0.6 is 0 Å². The Morgan fingerprint density at radius 3 is 1.67 bits per heavy atom. The van der Waals surface area contributed by atoms with E-state index in [1.165, 1.54) is 54.4 Å². The highest BCUT2D eigenvalue weighted by Crippen LogP contribution is 2.41. The molecular weight excluding hydrogens is 633 g/mol. The molecule has 0 aliphatic heterocycles. The summed E-state index contributed by atoms with van der Waals surface area (Å²) in [5, 5.41) is 8.50. The molecule has 0 atom stereocenters. The maximum absolute atomic E-state index is 5.13. The molecular formula is C48H30N4. The SMILES string of the molecule is c1ccc(-c2nc(-c3ccc(-n4c5ccccc5c5cc6c7cc8ccccc8cc7n(-c7ccccc7)c6cc54)cc3)nc3ccccc23)cc1. The third kappa shape index (κ3) is 4.34. The van der Waals surface area contributed by atoms with Crippen LogP contribution in [0.25, 0.3) is 99.3 Å². The van der Waals surface area contributed by atoms with Crippen molar-refractivity contribution in [2.24, 2.45) is 0 Å². The van der Waals surface area contributed by atoms with Gasteiger partial charge in [0.05, 0.1) is 33.3 Å². The maximum Gasteiger partial charge on any atom is 0.160 e. The molecule has 3 aromatic heterocycles. The zero-order valence-electron chi connectivity index (χ0n) is 28.1. The fraction of sp³-hybridized carbons (Fsp3) is 0. The highest BCUT2D eigenvalue weighted by Gasteiger charge is 2.19. The smallest absolute Gasteiger partial charge is 0.160 e. The lowest BCUT2D eigenvalue weighted by Crippen LogP contribution is -1.97. The van der Waals surface area contributed by atoms with Gasteiger partial charge >= 0.3 is 0 Å². The Kier molecular flexibility index (Phi) is 6.22. The molecule has 8 aromatic carbocycles. The Balaban J connectivity index is 1.14. The van der Waals surface area contributed by atoms with Crippen molar-refractivity contribution in [2.75, 3.05) is 0 Å². The molecule has 4 nitrogen and oxygen atoms in total. The molecule has 3 heterocycles. The van der Waals surface area contributed by atoms with E-state index in [1.54, 1.807) is 0 Å². The summed E-state index contributed by atoms with van der Waals surface area (Å²) in [5.41, 5.74) is 10.9. The number of rotatable bonds is 4. The highest BCUT2D eigenvalue weighted by atomic mass is 15.0. The quantitative estimate of drug-likeness (QED) is 0.188. The molecule has 0 fully saturated rings. The van der Waals surface area contributed by atoms with E-state index in [4.69, 9.17) is 9.97 Å². The summed E-state index contributed by atoms with van der Waals surface area (Å²) in [6.07, 6.45) is 0. The second-order valence-electron chi connectivity index (χ2n) is 13.5. The van der Waals surface area contributed by atoms with Crippen LogP contribution in [0, 0.1) is 0 Å². The van der Waals surface area contributed by atoms with Crippen LogP contribution in [-0.2, 0) is 0 Å². The van der Waals surface area contributed by atoms with Crippen LogP contribution in [0.5, 0.6) is 0 Å². The van der Waals surface area contributed by atoms with E-state index < -0.39 is 0 Å². The standard InChI is InChI=1S/C48H30N4/c1-3-13-31(14-4-1)47-38-20-9-11-21-42(38)49-48(50-47)32-23-25-36(26-24-32)51-43-22-12-10-19-37(43)40-29-41-39-27-33-15-7-8-16-34(33)28-44(39)52(46(41)30-45(40)51)35-17-5-2-6-18-35/h1-30H. The van der Waals surface area contributed by atoms with Crippen molar-refractivity contribution in [3.8, 4) is 34.0 Å². The van der Waals surface area contributed by atoms with E-state index in [0.717, 1.165) is 39.1 Å².